The van der Waals surface area contributed by atoms with Gasteiger partial charge in [0.15, 0.2) is 0 Å². The largest absolute Gasteiger partial charge is 0.465 e. The van der Waals surface area contributed by atoms with Gasteiger partial charge in [-0.3, -0.25) is 4.79 Å². The highest BCUT2D eigenvalue weighted by Crippen LogP contribution is 2.17. The predicted molar refractivity (Wildman–Crippen MR) is 107 cm³/mol. The molecule has 0 fully saturated rings. The summed E-state index contributed by atoms with van der Waals surface area (Å²) in [6.07, 6.45) is 0. The molecule has 144 valence electrons. The van der Waals surface area contributed by atoms with E-state index in [1.54, 1.807) is 29.2 Å². The molecular formula is C21H21N3O4. The Balaban J connectivity index is 1.78. The van der Waals surface area contributed by atoms with Crippen molar-refractivity contribution in [2.45, 2.75) is 13.5 Å². The molecule has 0 spiro atoms. The number of pyridine rings is 1. The number of para-hydroxylation sites is 1. The number of esters is 1. The van der Waals surface area contributed by atoms with Gasteiger partial charge in [0.1, 0.15) is 0 Å². The fraction of sp³-hybridized carbons (Fsp3) is 0.190. The maximum absolute atomic E-state index is 12.7. The molecule has 0 aliphatic rings. The fourth-order valence-corrected chi connectivity index (χ4v) is 2.95. The number of urea groups is 1. The van der Waals surface area contributed by atoms with Gasteiger partial charge in [-0.15, -0.1) is 0 Å². The van der Waals surface area contributed by atoms with Gasteiger partial charge in [-0.2, -0.15) is 0 Å². The highest BCUT2D eigenvalue weighted by molar-refractivity contribution is 5.92. The average Bonchev–Trinajstić information content (AvgIpc) is 2.71. The fourth-order valence-electron chi connectivity index (χ4n) is 2.95. The summed E-state index contributed by atoms with van der Waals surface area (Å²) in [5.41, 5.74) is 2.27. The maximum atomic E-state index is 12.7. The minimum absolute atomic E-state index is 0.205. The molecule has 7 nitrogen and oxygen atoms in total. The molecule has 0 radical (unpaired) electrons. The topological polar surface area (TPSA) is 91.5 Å². The van der Waals surface area contributed by atoms with Gasteiger partial charge in [-0.25, -0.2) is 9.59 Å². The number of aromatic amines is 1. The lowest BCUT2D eigenvalue weighted by molar-refractivity contribution is 0.0600. The van der Waals surface area contributed by atoms with Crippen LogP contribution in [0.3, 0.4) is 0 Å². The second kappa shape index (κ2) is 8.39. The number of benzene rings is 2. The van der Waals surface area contributed by atoms with Crippen LogP contribution in [0.4, 0.5) is 10.5 Å². The molecule has 28 heavy (non-hydrogen) atoms. The second-order valence-electron chi connectivity index (χ2n) is 6.22. The lowest BCUT2D eigenvalue weighted by Gasteiger charge is -2.22. The zero-order chi connectivity index (χ0) is 20.1. The Morgan fingerprint density at radius 2 is 1.82 bits per heavy atom. The lowest BCUT2D eigenvalue weighted by atomic mass is 10.1. The first kappa shape index (κ1) is 19.2. The van der Waals surface area contributed by atoms with E-state index in [9.17, 15) is 14.4 Å². The third kappa shape index (κ3) is 4.20. The molecule has 0 saturated carbocycles. The van der Waals surface area contributed by atoms with Crippen molar-refractivity contribution in [1.82, 2.24) is 9.88 Å². The predicted octanol–water partition coefficient (Wildman–Crippen LogP) is 3.37. The van der Waals surface area contributed by atoms with Gasteiger partial charge in [0.05, 0.1) is 12.7 Å². The summed E-state index contributed by atoms with van der Waals surface area (Å²) in [4.78, 5) is 40.5. The molecule has 2 aromatic carbocycles. The van der Waals surface area contributed by atoms with E-state index in [0.29, 0.717) is 24.3 Å². The summed E-state index contributed by atoms with van der Waals surface area (Å²) in [6.45, 7) is 2.63. The summed E-state index contributed by atoms with van der Waals surface area (Å²) < 4.78 is 4.66. The second-order valence-corrected chi connectivity index (χ2v) is 6.22. The maximum Gasteiger partial charge on any atom is 0.337 e. The lowest BCUT2D eigenvalue weighted by Crippen LogP contribution is -2.34. The van der Waals surface area contributed by atoms with Crippen molar-refractivity contribution in [3.05, 3.63) is 76.1 Å². The van der Waals surface area contributed by atoms with Crippen LogP contribution in [0.5, 0.6) is 0 Å². The summed E-state index contributed by atoms with van der Waals surface area (Å²) in [6, 6.07) is 15.2. The number of anilines is 1. The molecule has 0 atom stereocenters. The molecule has 7 heteroatoms. The normalized spacial score (nSPS) is 10.5. The number of nitrogens with one attached hydrogen (secondary N) is 2. The molecular weight excluding hydrogens is 358 g/mol. The standard InChI is InChI=1S/C21H21N3O4/c1-3-24(13-15-12-19(25)23-18-7-5-4-6-17(15)18)21(27)22-16-10-8-14(9-11-16)20(26)28-2/h4-12H,3,13H2,1-2H3,(H,22,27)(H,23,25). The van der Waals surface area contributed by atoms with E-state index in [1.807, 2.05) is 31.2 Å². The Kier molecular flexibility index (Phi) is 5.74. The highest BCUT2D eigenvalue weighted by atomic mass is 16.5. The third-order valence-corrected chi connectivity index (χ3v) is 4.42. The van der Waals surface area contributed by atoms with Gasteiger partial charge in [-0.05, 0) is 42.8 Å². The van der Waals surface area contributed by atoms with E-state index < -0.39 is 5.97 Å². The summed E-state index contributed by atoms with van der Waals surface area (Å²) in [7, 11) is 1.31. The molecule has 0 bridgehead atoms. The van der Waals surface area contributed by atoms with Crippen molar-refractivity contribution in [3.63, 3.8) is 0 Å². The van der Waals surface area contributed by atoms with Crippen molar-refractivity contribution >= 4 is 28.6 Å². The minimum atomic E-state index is -0.436. The van der Waals surface area contributed by atoms with Crippen LogP contribution >= 0.6 is 0 Å². The van der Waals surface area contributed by atoms with Crippen molar-refractivity contribution in [2.24, 2.45) is 0 Å². The monoisotopic (exact) mass is 379 g/mol. The molecule has 1 heterocycles. The van der Waals surface area contributed by atoms with Gasteiger partial charge in [0.25, 0.3) is 0 Å². The Labute approximate surface area is 161 Å². The van der Waals surface area contributed by atoms with Gasteiger partial charge in [-0.1, -0.05) is 18.2 Å². The number of carbonyl (C=O) groups excluding carboxylic acids is 2. The average molecular weight is 379 g/mol. The van der Waals surface area contributed by atoms with Gasteiger partial charge in [0.2, 0.25) is 5.56 Å². The number of rotatable bonds is 5. The Hall–Kier alpha value is -3.61. The number of aromatic nitrogens is 1. The van der Waals surface area contributed by atoms with Crippen LogP contribution in [0.2, 0.25) is 0 Å². The van der Waals surface area contributed by atoms with Crippen LogP contribution in [0.1, 0.15) is 22.8 Å². The number of hydrogen-bond donors (Lipinski definition) is 2. The number of amides is 2. The summed E-state index contributed by atoms with van der Waals surface area (Å²) in [5.74, 6) is -0.436. The molecule has 2 amide bonds. The van der Waals surface area contributed by atoms with E-state index in [0.717, 1.165) is 16.5 Å². The van der Waals surface area contributed by atoms with E-state index >= 15 is 0 Å². The zero-order valence-electron chi connectivity index (χ0n) is 15.7. The molecule has 1 aromatic heterocycles. The van der Waals surface area contributed by atoms with Crippen molar-refractivity contribution in [3.8, 4) is 0 Å². The molecule has 0 aliphatic carbocycles. The summed E-state index contributed by atoms with van der Waals surface area (Å²) in [5, 5.41) is 3.71. The smallest absolute Gasteiger partial charge is 0.337 e. The molecule has 3 rings (SSSR count). The number of nitrogens with zero attached hydrogens (tertiary/aromatic N) is 1. The van der Waals surface area contributed by atoms with E-state index in [-0.39, 0.29) is 11.6 Å². The number of hydrogen-bond acceptors (Lipinski definition) is 4. The Bertz CT molecular complexity index is 1060. The van der Waals surface area contributed by atoms with Crippen molar-refractivity contribution in [1.29, 1.82) is 0 Å². The van der Waals surface area contributed by atoms with E-state index in [1.165, 1.54) is 13.2 Å². The zero-order valence-corrected chi connectivity index (χ0v) is 15.7. The van der Waals surface area contributed by atoms with Crippen LogP contribution in [0.25, 0.3) is 10.9 Å². The van der Waals surface area contributed by atoms with Crippen LogP contribution in [-0.4, -0.2) is 35.5 Å². The molecule has 0 saturated heterocycles. The van der Waals surface area contributed by atoms with Crippen molar-refractivity contribution in [2.75, 3.05) is 19.0 Å². The van der Waals surface area contributed by atoms with Gasteiger partial charge >= 0.3 is 12.0 Å². The number of methoxy groups -OCH3 is 1. The molecule has 3 aromatic rings. The van der Waals surface area contributed by atoms with Gasteiger partial charge < -0.3 is 19.9 Å². The quantitative estimate of drug-likeness (QED) is 0.665. The molecule has 2 N–H and O–H groups in total. The first-order valence-electron chi connectivity index (χ1n) is 8.87. The number of carbonyl (C=O) groups is 2. The number of ether oxygens (including phenoxy) is 1. The molecule has 0 unspecified atom stereocenters. The SMILES string of the molecule is CCN(Cc1cc(=O)[nH]c2ccccc12)C(=O)Nc1ccc(C(=O)OC)cc1. The first-order valence-corrected chi connectivity index (χ1v) is 8.87. The number of fused-ring (bicyclic) bond motifs is 1. The first-order chi connectivity index (χ1) is 13.5. The molecule has 0 aliphatic heterocycles. The van der Waals surface area contributed by atoms with Crippen LogP contribution < -0.4 is 10.9 Å². The van der Waals surface area contributed by atoms with Crippen LogP contribution in [-0.2, 0) is 11.3 Å². The Morgan fingerprint density at radius 1 is 1.11 bits per heavy atom. The van der Waals surface area contributed by atoms with Crippen molar-refractivity contribution < 1.29 is 14.3 Å². The third-order valence-electron chi connectivity index (χ3n) is 4.42. The Morgan fingerprint density at radius 3 is 2.50 bits per heavy atom. The van der Waals surface area contributed by atoms with E-state index in [2.05, 4.69) is 15.0 Å². The highest BCUT2D eigenvalue weighted by Gasteiger charge is 2.15. The van der Waals surface area contributed by atoms with Crippen LogP contribution in [0.15, 0.2) is 59.4 Å². The summed E-state index contributed by atoms with van der Waals surface area (Å²) >= 11 is 0. The van der Waals surface area contributed by atoms with E-state index in [4.69, 9.17) is 0 Å². The minimum Gasteiger partial charge on any atom is -0.465 e. The van der Waals surface area contributed by atoms with Gasteiger partial charge in [0, 0.05) is 35.7 Å². The number of H-pyrrole nitrogens is 1. The van der Waals surface area contributed by atoms with Crippen LogP contribution in [0, 0.1) is 0 Å².